The Morgan fingerprint density at radius 1 is 0.516 bits per heavy atom. The van der Waals surface area contributed by atoms with E-state index in [9.17, 15) is 13.2 Å². The fourth-order valence-corrected chi connectivity index (χ4v) is 8.09. The maximum atomic E-state index is 13.1. The summed E-state index contributed by atoms with van der Waals surface area (Å²) in [5.74, 6) is 0. The fourth-order valence-electron chi connectivity index (χ4n) is 3.84. The van der Waals surface area contributed by atoms with Gasteiger partial charge >= 0.3 is 6.18 Å². The molecule has 0 nitrogen and oxygen atoms in total. The molecule has 4 rings (SSSR count). The van der Waals surface area contributed by atoms with Crippen LogP contribution in [0.4, 0.5) is 13.2 Å². The Morgan fingerprint density at radius 3 is 1.19 bits per heavy atom. The molecule has 5 heteroatoms. The van der Waals surface area contributed by atoms with Gasteiger partial charge in [0.15, 0.2) is 0 Å². The third kappa shape index (κ3) is 4.84. The molecule has 158 valence electrons. The van der Waals surface area contributed by atoms with Gasteiger partial charge in [-0.2, -0.15) is 13.2 Å². The van der Waals surface area contributed by atoms with E-state index in [4.69, 9.17) is 0 Å². The Hall–Kier alpha value is -2.61. The predicted molar refractivity (Wildman–Crippen MR) is 120 cm³/mol. The van der Waals surface area contributed by atoms with Gasteiger partial charge in [-0.25, -0.2) is 0 Å². The number of benzene rings is 4. The largest absolute Gasteiger partial charge is 1.00 e. The van der Waals surface area contributed by atoms with E-state index in [-0.39, 0.29) is 12.4 Å². The van der Waals surface area contributed by atoms with Crippen LogP contribution in [-0.4, -0.2) is 0 Å². The quantitative estimate of drug-likeness (QED) is 0.405. The van der Waals surface area contributed by atoms with Crippen LogP contribution in [0.25, 0.3) is 0 Å². The Labute approximate surface area is 187 Å². The van der Waals surface area contributed by atoms with Gasteiger partial charge in [0.2, 0.25) is 0 Å². The smallest absolute Gasteiger partial charge is 0.416 e. The highest BCUT2D eigenvalue weighted by atomic mass is 35.5. The molecule has 4 aromatic carbocycles. The molecule has 0 saturated carbocycles. The van der Waals surface area contributed by atoms with Gasteiger partial charge in [-0.15, -0.1) is 0 Å². The predicted octanol–water partition coefficient (Wildman–Crippen LogP) is 3.20. The zero-order chi connectivity index (χ0) is 21.0. The summed E-state index contributed by atoms with van der Waals surface area (Å²) in [5, 5.41) is 3.63. The second-order valence-electron chi connectivity index (χ2n) is 7.17. The molecule has 4 aromatic rings. The molecule has 0 fully saturated rings. The average molecular weight is 457 g/mol. The lowest BCUT2D eigenvalue weighted by atomic mass is 10.1. The van der Waals surface area contributed by atoms with Crippen molar-refractivity contribution in [2.45, 2.75) is 12.3 Å². The third-order valence-corrected chi connectivity index (χ3v) is 9.67. The number of rotatable bonds is 5. The third-order valence-electron chi connectivity index (χ3n) is 5.29. The molecule has 0 atom stereocenters. The Morgan fingerprint density at radius 2 is 0.871 bits per heavy atom. The van der Waals surface area contributed by atoms with E-state index in [1.807, 2.05) is 54.6 Å². The average Bonchev–Trinajstić information content (AvgIpc) is 2.79. The summed E-state index contributed by atoms with van der Waals surface area (Å²) in [4.78, 5) is 0. The lowest BCUT2D eigenvalue weighted by Crippen LogP contribution is -3.00. The van der Waals surface area contributed by atoms with Crippen molar-refractivity contribution in [2.75, 3.05) is 0 Å². The van der Waals surface area contributed by atoms with Crippen molar-refractivity contribution in [3.63, 3.8) is 0 Å². The molecular weight excluding hydrogens is 436 g/mol. The standard InChI is InChI=1S/C26H21F3P.ClH/c27-26(28,29)22-18-16-21(17-19-22)20-30(23-10-4-1-5-11-23,24-12-6-2-7-13-24)25-14-8-3-9-15-25;/h1-19H,20H2;1H/q+1;/p-1. The second kappa shape index (κ2) is 9.68. The van der Waals surface area contributed by atoms with Crippen LogP contribution in [0.15, 0.2) is 115 Å². The highest BCUT2D eigenvalue weighted by Crippen LogP contribution is 2.58. The Kier molecular flexibility index (Phi) is 7.20. The lowest BCUT2D eigenvalue weighted by molar-refractivity contribution is -0.137. The molecule has 0 aliphatic rings. The maximum absolute atomic E-state index is 13.1. The van der Waals surface area contributed by atoms with Crippen molar-refractivity contribution in [3.8, 4) is 0 Å². The molecule has 0 unspecified atom stereocenters. The topological polar surface area (TPSA) is 0 Å². The molecule has 0 saturated heterocycles. The maximum Gasteiger partial charge on any atom is 0.416 e. The number of hydrogen-bond donors (Lipinski definition) is 0. The van der Waals surface area contributed by atoms with Crippen molar-refractivity contribution in [2.24, 2.45) is 0 Å². The molecule has 0 N–H and O–H groups in total. The van der Waals surface area contributed by atoms with Crippen molar-refractivity contribution in [3.05, 3.63) is 126 Å². The summed E-state index contributed by atoms with van der Waals surface area (Å²) in [7, 11) is -2.11. The van der Waals surface area contributed by atoms with Crippen molar-refractivity contribution >= 4 is 23.2 Å². The zero-order valence-electron chi connectivity index (χ0n) is 16.6. The van der Waals surface area contributed by atoms with E-state index < -0.39 is 19.0 Å². The number of hydrogen-bond acceptors (Lipinski definition) is 0. The zero-order valence-corrected chi connectivity index (χ0v) is 18.3. The minimum atomic E-state index is -4.33. The molecule has 0 amide bonds. The first-order valence-electron chi connectivity index (χ1n) is 9.71. The van der Waals surface area contributed by atoms with Crippen LogP contribution >= 0.6 is 7.26 Å². The summed E-state index contributed by atoms with van der Waals surface area (Å²) in [6, 6.07) is 36.6. The molecular formula is C26H21ClF3P. The normalized spacial score (nSPS) is 11.6. The van der Waals surface area contributed by atoms with Crippen molar-refractivity contribution < 1.29 is 25.6 Å². The van der Waals surface area contributed by atoms with Gasteiger partial charge < -0.3 is 12.4 Å². The summed E-state index contributed by atoms with van der Waals surface area (Å²) in [6.07, 6.45) is -3.67. The van der Waals surface area contributed by atoms with E-state index in [0.717, 1.165) is 5.56 Å². The molecule has 0 aliphatic carbocycles. The summed E-state index contributed by atoms with van der Waals surface area (Å²) in [6.45, 7) is 0. The van der Waals surface area contributed by atoms with Crippen LogP contribution < -0.4 is 28.3 Å². The van der Waals surface area contributed by atoms with E-state index in [0.29, 0.717) is 6.16 Å². The summed E-state index contributed by atoms with van der Waals surface area (Å²) >= 11 is 0. The first-order chi connectivity index (χ1) is 14.5. The van der Waals surface area contributed by atoms with Gasteiger partial charge in [0.1, 0.15) is 23.2 Å². The second-order valence-corrected chi connectivity index (χ2v) is 10.7. The van der Waals surface area contributed by atoms with Gasteiger partial charge in [-0.05, 0) is 54.1 Å². The summed E-state index contributed by atoms with van der Waals surface area (Å²) in [5.41, 5.74) is 0.280. The first-order valence-corrected chi connectivity index (χ1v) is 11.7. The van der Waals surface area contributed by atoms with Gasteiger partial charge in [0.25, 0.3) is 0 Å². The number of halogens is 4. The van der Waals surface area contributed by atoms with Gasteiger partial charge in [-0.3, -0.25) is 0 Å². The Balaban J connectivity index is 0.00000272. The van der Waals surface area contributed by atoms with E-state index in [1.54, 1.807) is 12.1 Å². The molecule has 31 heavy (non-hydrogen) atoms. The highest BCUT2D eigenvalue weighted by Gasteiger charge is 2.45. The molecule has 0 bridgehead atoms. The molecule has 0 spiro atoms. The minimum absolute atomic E-state index is 0. The first kappa shape index (κ1) is 23.1. The van der Waals surface area contributed by atoms with Crippen LogP contribution in [0.3, 0.4) is 0 Å². The van der Waals surface area contributed by atoms with Crippen LogP contribution in [0.5, 0.6) is 0 Å². The molecule has 0 aromatic heterocycles. The van der Waals surface area contributed by atoms with Gasteiger partial charge in [0, 0.05) is 0 Å². The SMILES string of the molecule is FC(F)(F)c1ccc(C[P+](c2ccccc2)(c2ccccc2)c2ccccc2)cc1.[Cl-]. The molecule has 0 radical (unpaired) electrons. The fraction of sp³-hybridized carbons (Fsp3) is 0.0769. The van der Waals surface area contributed by atoms with Crippen molar-refractivity contribution in [1.29, 1.82) is 0 Å². The van der Waals surface area contributed by atoms with Crippen LogP contribution in [-0.2, 0) is 12.3 Å². The summed E-state index contributed by atoms with van der Waals surface area (Å²) < 4.78 is 39.2. The number of alkyl halides is 3. The van der Waals surface area contributed by atoms with Crippen LogP contribution in [0.2, 0.25) is 0 Å². The highest BCUT2D eigenvalue weighted by molar-refractivity contribution is 7.95. The lowest BCUT2D eigenvalue weighted by Gasteiger charge is -2.28. The molecule has 0 heterocycles. The monoisotopic (exact) mass is 456 g/mol. The van der Waals surface area contributed by atoms with Gasteiger partial charge in [-0.1, -0.05) is 66.7 Å². The van der Waals surface area contributed by atoms with Crippen molar-refractivity contribution in [1.82, 2.24) is 0 Å². The molecule has 0 aliphatic heterocycles. The van der Waals surface area contributed by atoms with Gasteiger partial charge in [0.05, 0.1) is 11.7 Å². The van der Waals surface area contributed by atoms with E-state index in [2.05, 4.69) is 36.4 Å². The minimum Gasteiger partial charge on any atom is -1.00 e. The van der Waals surface area contributed by atoms with Crippen LogP contribution in [0.1, 0.15) is 11.1 Å². The Bertz CT molecular complexity index is 984. The van der Waals surface area contributed by atoms with E-state index in [1.165, 1.54) is 28.0 Å². The van der Waals surface area contributed by atoms with Crippen LogP contribution in [0, 0.1) is 0 Å². The van der Waals surface area contributed by atoms with E-state index >= 15 is 0 Å².